The van der Waals surface area contributed by atoms with Crippen LogP contribution in [0, 0.1) is 0 Å². The van der Waals surface area contributed by atoms with Crippen LogP contribution in [0.1, 0.15) is 0 Å². The number of halogens is 3. The monoisotopic (exact) mass is 228 g/mol. The van der Waals surface area contributed by atoms with Crippen molar-refractivity contribution in [3.05, 3.63) is 48.4 Å². The van der Waals surface area contributed by atoms with Crippen LogP contribution < -0.4 is 0 Å². The van der Waals surface area contributed by atoms with E-state index in [1.165, 1.54) is 6.08 Å². The lowest BCUT2D eigenvalue weighted by Crippen LogP contribution is -2.40. The summed E-state index contributed by atoms with van der Waals surface area (Å²) >= 11 is 0. The minimum Gasteiger partial charge on any atom is -0.289 e. The van der Waals surface area contributed by atoms with Crippen LogP contribution in [0.15, 0.2) is 48.4 Å². The Morgan fingerprint density at radius 2 is 1.75 bits per heavy atom. The zero-order valence-electron chi connectivity index (χ0n) is 8.48. The Hall–Kier alpha value is -1.65. The van der Waals surface area contributed by atoms with Crippen molar-refractivity contribution in [2.75, 3.05) is 13.1 Å². The van der Waals surface area contributed by atoms with Gasteiger partial charge in [0, 0.05) is 12.4 Å². The van der Waals surface area contributed by atoms with Gasteiger partial charge in [0.15, 0.2) is 0 Å². The predicted molar refractivity (Wildman–Crippen MR) is 55.0 cm³/mol. The number of rotatable bonds is 1. The van der Waals surface area contributed by atoms with E-state index in [4.69, 9.17) is 0 Å². The first-order valence-corrected chi connectivity index (χ1v) is 4.88. The maximum Gasteiger partial charge on any atom is 0.414 e. The molecule has 86 valence electrons. The topological polar surface area (TPSA) is 6.48 Å². The molecule has 2 nitrogen and oxygen atoms in total. The van der Waals surface area contributed by atoms with Gasteiger partial charge in [-0.3, -0.25) is 10.0 Å². The van der Waals surface area contributed by atoms with E-state index in [9.17, 15) is 13.2 Å². The van der Waals surface area contributed by atoms with Gasteiger partial charge in [-0.15, -0.1) is 0 Å². The van der Waals surface area contributed by atoms with E-state index in [2.05, 4.69) is 0 Å². The summed E-state index contributed by atoms with van der Waals surface area (Å²) in [5.74, 6) is 0. The molecule has 2 heterocycles. The standard InChI is InChI=1S/C11H11F3N2/c12-11(13,14)10-5-4-8-16(9-10)15-6-2-1-3-7-15/h1-6,8H,7,9H2. The molecular weight excluding hydrogens is 217 g/mol. The minimum absolute atomic E-state index is 0.141. The van der Waals surface area contributed by atoms with Crippen molar-refractivity contribution in [1.29, 1.82) is 0 Å². The van der Waals surface area contributed by atoms with Crippen molar-refractivity contribution < 1.29 is 13.2 Å². The highest BCUT2D eigenvalue weighted by molar-refractivity contribution is 5.23. The van der Waals surface area contributed by atoms with Crippen molar-refractivity contribution in [3.63, 3.8) is 0 Å². The second-order valence-corrected chi connectivity index (χ2v) is 3.52. The van der Waals surface area contributed by atoms with E-state index in [1.54, 1.807) is 28.5 Å². The molecule has 0 aliphatic carbocycles. The largest absolute Gasteiger partial charge is 0.414 e. The summed E-state index contributed by atoms with van der Waals surface area (Å²) in [5, 5.41) is 3.28. The Morgan fingerprint density at radius 3 is 2.38 bits per heavy atom. The second kappa shape index (κ2) is 4.08. The van der Waals surface area contributed by atoms with Gasteiger partial charge in [0.25, 0.3) is 0 Å². The summed E-state index contributed by atoms with van der Waals surface area (Å²) in [6.07, 6.45) is 7.21. The Bertz CT molecular complexity index is 377. The normalized spacial score (nSPS) is 20.3. The summed E-state index contributed by atoms with van der Waals surface area (Å²) in [6.45, 7) is 0.449. The molecule has 0 unspecified atom stereocenters. The van der Waals surface area contributed by atoms with Crippen LogP contribution in [-0.2, 0) is 0 Å². The number of nitrogens with zero attached hydrogens (tertiary/aromatic N) is 2. The SMILES string of the molecule is FC(F)(F)C1=CC=CN(N2C=CC=CC2)C1. The Labute approximate surface area is 91.6 Å². The van der Waals surface area contributed by atoms with Gasteiger partial charge in [0.2, 0.25) is 0 Å². The molecule has 0 N–H and O–H groups in total. The highest BCUT2D eigenvalue weighted by Gasteiger charge is 2.35. The van der Waals surface area contributed by atoms with Crippen LogP contribution in [0.25, 0.3) is 0 Å². The lowest BCUT2D eigenvalue weighted by molar-refractivity contribution is -0.0993. The number of hydrogen-bond donors (Lipinski definition) is 0. The lowest BCUT2D eigenvalue weighted by Gasteiger charge is -2.35. The zero-order valence-corrected chi connectivity index (χ0v) is 8.48. The van der Waals surface area contributed by atoms with Gasteiger partial charge in [-0.25, -0.2) is 0 Å². The fraction of sp³-hybridized carbons (Fsp3) is 0.273. The van der Waals surface area contributed by atoms with Crippen molar-refractivity contribution in [3.8, 4) is 0 Å². The van der Waals surface area contributed by atoms with E-state index < -0.39 is 11.7 Å². The van der Waals surface area contributed by atoms with Crippen LogP contribution in [0.4, 0.5) is 13.2 Å². The molecule has 0 amide bonds. The fourth-order valence-electron chi connectivity index (χ4n) is 1.55. The third-order valence-corrected chi connectivity index (χ3v) is 2.38. The van der Waals surface area contributed by atoms with Crippen molar-refractivity contribution in [1.82, 2.24) is 10.0 Å². The smallest absolute Gasteiger partial charge is 0.289 e. The second-order valence-electron chi connectivity index (χ2n) is 3.52. The molecule has 0 saturated heterocycles. The molecule has 16 heavy (non-hydrogen) atoms. The van der Waals surface area contributed by atoms with E-state index in [0.717, 1.165) is 6.08 Å². The molecule has 0 spiro atoms. The van der Waals surface area contributed by atoms with Gasteiger partial charge in [-0.1, -0.05) is 18.2 Å². The number of allylic oxidation sites excluding steroid dienone is 4. The molecule has 0 atom stereocenters. The van der Waals surface area contributed by atoms with Crippen LogP contribution in [0.3, 0.4) is 0 Å². The molecule has 0 saturated carbocycles. The molecule has 0 bridgehead atoms. The number of hydrazine groups is 1. The summed E-state index contributed by atoms with van der Waals surface area (Å²) in [7, 11) is 0. The van der Waals surface area contributed by atoms with Gasteiger partial charge in [-0.2, -0.15) is 13.2 Å². The fourth-order valence-corrected chi connectivity index (χ4v) is 1.55. The Balaban J connectivity index is 2.06. The average molecular weight is 228 g/mol. The number of alkyl halides is 3. The molecule has 2 aliphatic rings. The highest BCUT2D eigenvalue weighted by Crippen LogP contribution is 2.28. The molecule has 0 fully saturated rings. The third-order valence-electron chi connectivity index (χ3n) is 2.38. The molecule has 0 aromatic rings. The Kier molecular flexibility index (Phi) is 2.77. The third kappa shape index (κ3) is 2.29. The van der Waals surface area contributed by atoms with Gasteiger partial charge >= 0.3 is 6.18 Å². The summed E-state index contributed by atoms with van der Waals surface area (Å²) in [4.78, 5) is 0. The summed E-state index contributed by atoms with van der Waals surface area (Å²) < 4.78 is 37.5. The first-order valence-electron chi connectivity index (χ1n) is 4.88. The molecule has 5 heteroatoms. The molecule has 2 rings (SSSR count). The van der Waals surface area contributed by atoms with E-state index in [-0.39, 0.29) is 6.54 Å². The van der Waals surface area contributed by atoms with Gasteiger partial charge in [0.05, 0.1) is 18.7 Å². The van der Waals surface area contributed by atoms with Crippen molar-refractivity contribution in [2.45, 2.75) is 6.18 Å². The minimum atomic E-state index is -4.25. The maximum absolute atomic E-state index is 12.5. The Morgan fingerprint density at radius 1 is 1.00 bits per heavy atom. The van der Waals surface area contributed by atoms with E-state index in [1.807, 2.05) is 12.2 Å². The highest BCUT2D eigenvalue weighted by atomic mass is 19.4. The van der Waals surface area contributed by atoms with Crippen molar-refractivity contribution in [2.24, 2.45) is 0 Å². The predicted octanol–water partition coefficient (Wildman–Crippen LogP) is 2.60. The molecular formula is C11H11F3N2. The van der Waals surface area contributed by atoms with Gasteiger partial charge < -0.3 is 0 Å². The molecule has 2 aliphatic heterocycles. The molecule has 0 radical (unpaired) electrons. The zero-order chi connectivity index (χ0) is 11.6. The number of hydrogen-bond acceptors (Lipinski definition) is 2. The molecule has 0 aromatic carbocycles. The first-order chi connectivity index (χ1) is 7.57. The average Bonchev–Trinajstić information content (AvgIpc) is 2.29. The summed E-state index contributed by atoms with van der Waals surface area (Å²) in [6, 6.07) is 0. The lowest BCUT2D eigenvalue weighted by atomic mass is 10.2. The van der Waals surface area contributed by atoms with E-state index >= 15 is 0 Å². The van der Waals surface area contributed by atoms with E-state index in [0.29, 0.717) is 6.54 Å². The van der Waals surface area contributed by atoms with Crippen LogP contribution in [0.5, 0.6) is 0 Å². The van der Waals surface area contributed by atoms with Gasteiger partial charge in [0.1, 0.15) is 0 Å². The van der Waals surface area contributed by atoms with Crippen LogP contribution in [-0.4, -0.2) is 29.3 Å². The first kappa shape index (κ1) is 10.9. The summed E-state index contributed by atoms with van der Waals surface area (Å²) in [5.41, 5.74) is -0.530. The van der Waals surface area contributed by atoms with Crippen LogP contribution in [0.2, 0.25) is 0 Å². The van der Waals surface area contributed by atoms with Crippen LogP contribution >= 0.6 is 0 Å². The maximum atomic E-state index is 12.5. The van der Waals surface area contributed by atoms with Gasteiger partial charge in [-0.05, 0) is 12.2 Å². The molecule has 0 aromatic heterocycles. The van der Waals surface area contributed by atoms with Crippen molar-refractivity contribution >= 4 is 0 Å². The quantitative estimate of drug-likeness (QED) is 0.680.